The number of halogens is 1. The molecule has 116 valence electrons. The van der Waals surface area contributed by atoms with Gasteiger partial charge in [0.1, 0.15) is 5.82 Å². The number of carbonyl (C=O) groups is 2. The summed E-state index contributed by atoms with van der Waals surface area (Å²) in [6.07, 6.45) is 0.706. The molecular formula is C15H15FN2O4. The van der Waals surface area contributed by atoms with E-state index in [1.165, 1.54) is 37.4 Å². The molecular weight excluding hydrogens is 291 g/mol. The molecule has 0 aliphatic carbocycles. The summed E-state index contributed by atoms with van der Waals surface area (Å²) < 4.78 is 22.4. The van der Waals surface area contributed by atoms with Crippen LogP contribution in [0, 0.1) is 5.82 Å². The minimum atomic E-state index is -0.401. The highest BCUT2D eigenvalue weighted by molar-refractivity contribution is 5.93. The fourth-order valence-corrected chi connectivity index (χ4v) is 1.76. The van der Waals surface area contributed by atoms with Crippen LogP contribution in [-0.4, -0.2) is 30.7 Å². The van der Waals surface area contributed by atoms with Gasteiger partial charge >= 0.3 is 5.97 Å². The van der Waals surface area contributed by atoms with Crippen LogP contribution in [0.2, 0.25) is 0 Å². The Kier molecular flexibility index (Phi) is 5.24. The second-order valence-electron chi connectivity index (χ2n) is 4.52. The topological polar surface area (TPSA) is 81.4 Å². The number of nitrogens with one attached hydrogen (secondary N) is 1. The number of methoxy groups -OCH3 is 1. The zero-order valence-electron chi connectivity index (χ0n) is 12.0. The number of ether oxygens (including phenoxy) is 1. The van der Waals surface area contributed by atoms with Crippen LogP contribution in [0.3, 0.4) is 0 Å². The molecule has 7 heteroatoms. The second kappa shape index (κ2) is 7.35. The van der Waals surface area contributed by atoms with Gasteiger partial charge in [-0.2, -0.15) is 0 Å². The van der Waals surface area contributed by atoms with Crippen molar-refractivity contribution < 1.29 is 23.2 Å². The molecule has 1 amide bonds. The molecule has 2 aromatic rings. The Morgan fingerprint density at radius 2 is 2.05 bits per heavy atom. The van der Waals surface area contributed by atoms with Crippen LogP contribution in [0.5, 0.6) is 0 Å². The van der Waals surface area contributed by atoms with Gasteiger partial charge in [0.25, 0.3) is 5.91 Å². The van der Waals surface area contributed by atoms with Crippen molar-refractivity contribution >= 4 is 11.9 Å². The molecule has 0 aliphatic heterocycles. The number of nitrogens with zero attached hydrogens (tertiary/aromatic N) is 1. The first kappa shape index (κ1) is 15.7. The quantitative estimate of drug-likeness (QED) is 0.653. The monoisotopic (exact) mass is 306 g/mol. The number of carbonyl (C=O) groups excluding carboxylic acids is 2. The van der Waals surface area contributed by atoms with Crippen LogP contribution in [0.15, 0.2) is 34.9 Å². The van der Waals surface area contributed by atoms with Gasteiger partial charge in [-0.05, 0) is 30.7 Å². The molecule has 0 atom stereocenters. The lowest BCUT2D eigenvalue weighted by Gasteiger charge is -2.01. The molecule has 1 aromatic heterocycles. The van der Waals surface area contributed by atoms with E-state index in [4.69, 9.17) is 4.52 Å². The predicted molar refractivity (Wildman–Crippen MR) is 75.5 cm³/mol. The lowest BCUT2D eigenvalue weighted by Crippen LogP contribution is -2.25. The van der Waals surface area contributed by atoms with Crippen LogP contribution >= 0.6 is 0 Å². The number of hydrogen-bond donors (Lipinski definition) is 1. The summed E-state index contributed by atoms with van der Waals surface area (Å²) in [5, 5.41) is 6.30. The van der Waals surface area contributed by atoms with Crippen molar-refractivity contribution in [2.75, 3.05) is 13.7 Å². The average molecular weight is 306 g/mol. The molecule has 22 heavy (non-hydrogen) atoms. The van der Waals surface area contributed by atoms with Gasteiger partial charge in [0, 0.05) is 24.6 Å². The van der Waals surface area contributed by atoms with E-state index in [-0.39, 0.29) is 23.9 Å². The molecule has 0 radical (unpaired) electrons. The van der Waals surface area contributed by atoms with E-state index >= 15 is 0 Å². The largest absolute Gasteiger partial charge is 0.469 e. The molecule has 2 rings (SSSR count). The minimum Gasteiger partial charge on any atom is -0.469 e. The van der Waals surface area contributed by atoms with E-state index in [2.05, 4.69) is 15.2 Å². The average Bonchev–Trinajstić information content (AvgIpc) is 3.01. The first-order valence-electron chi connectivity index (χ1n) is 6.68. The Morgan fingerprint density at radius 1 is 1.32 bits per heavy atom. The maximum absolute atomic E-state index is 12.8. The van der Waals surface area contributed by atoms with Crippen molar-refractivity contribution in [2.24, 2.45) is 0 Å². The highest BCUT2D eigenvalue weighted by atomic mass is 19.1. The predicted octanol–water partition coefficient (Wildman–Crippen LogP) is 2.16. The zero-order chi connectivity index (χ0) is 15.9. The molecule has 1 N–H and O–H groups in total. The van der Waals surface area contributed by atoms with E-state index in [9.17, 15) is 14.0 Å². The smallest absolute Gasteiger partial charge is 0.305 e. The highest BCUT2D eigenvalue weighted by Gasteiger charge is 2.13. The lowest BCUT2D eigenvalue weighted by molar-refractivity contribution is -0.140. The summed E-state index contributed by atoms with van der Waals surface area (Å²) >= 11 is 0. The summed E-state index contributed by atoms with van der Waals surface area (Å²) in [7, 11) is 1.31. The van der Waals surface area contributed by atoms with Crippen molar-refractivity contribution in [1.82, 2.24) is 10.5 Å². The van der Waals surface area contributed by atoms with Gasteiger partial charge < -0.3 is 14.6 Å². The number of benzene rings is 1. The Morgan fingerprint density at radius 3 is 2.73 bits per heavy atom. The van der Waals surface area contributed by atoms with Crippen molar-refractivity contribution in [3.63, 3.8) is 0 Å². The number of amides is 1. The number of esters is 1. The van der Waals surface area contributed by atoms with Gasteiger partial charge in [-0.3, -0.25) is 9.59 Å². The van der Waals surface area contributed by atoms with E-state index in [1.807, 2.05) is 0 Å². The molecule has 0 fully saturated rings. The standard InChI is InChI=1S/C15H15FN2O4/c1-21-14(19)3-2-8-17-15(20)12-9-13(22-18-12)10-4-6-11(16)7-5-10/h4-7,9H,2-3,8H2,1H3,(H,17,20). The number of rotatable bonds is 6. The molecule has 6 nitrogen and oxygen atoms in total. The molecule has 1 aromatic carbocycles. The van der Waals surface area contributed by atoms with Gasteiger partial charge in [0.2, 0.25) is 0 Å². The van der Waals surface area contributed by atoms with Crippen LogP contribution in [-0.2, 0) is 9.53 Å². The van der Waals surface area contributed by atoms with Gasteiger partial charge in [0.15, 0.2) is 11.5 Å². The van der Waals surface area contributed by atoms with E-state index in [0.29, 0.717) is 24.3 Å². The Hall–Kier alpha value is -2.70. The molecule has 0 saturated carbocycles. The van der Waals surface area contributed by atoms with Crippen molar-refractivity contribution in [3.05, 3.63) is 41.8 Å². The maximum atomic E-state index is 12.8. The molecule has 0 aliphatic rings. The van der Waals surface area contributed by atoms with E-state index in [0.717, 1.165) is 0 Å². The van der Waals surface area contributed by atoms with Crippen LogP contribution < -0.4 is 5.32 Å². The second-order valence-corrected chi connectivity index (χ2v) is 4.52. The fourth-order valence-electron chi connectivity index (χ4n) is 1.76. The maximum Gasteiger partial charge on any atom is 0.305 e. The van der Waals surface area contributed by atoms with Crippen molar-refractivity contribution in [3.8, 4) is 11.3 Å². The Balaban J connectivity index is 1.89. The van der Waals surface area contributed by atoms with E-state index in [1.54, 1.807) is 0 Å². The number of aromatic nitrogens is 1. The summed E-state index contributed by atoms with van der Waals surface area (Å²) in [5.41, 5.74) is 0.746. The summed E-state index contributed by atoms with van der Waals surface area (Å²) in [6.45, 7) is 0.326. The van der Waals surface area contributed by atoms with Gasteiger partial charge in [-0.25, -0.2) is 4.39 Å². The Labute approximate surface area is 126 Å². The van der Waals surface area contributed by atoms with Crippen molar-refractivity contribution in [1.29, 1.82) is 0 Å². The van der Waals surface area contributed by atoms with E-state index < -0.39 is 5.91 Å². The highest BCUT2D eigenvalue weighted by Crippen LogP contribution is 2.20. The van der Waals surface area contributed by atoms with Gasteiger partial charge in [-0.1, -0.05) is 5.16 Å². The zero-order valence-corrected chi connectivity index (χ0v) is 12.0. The molecule has 0 unspecified atom stereocenters. The molecule has 0 saturated heterocycles. The summed E-state index contributed by atoms with van der Waals surface area (Å²) in [4.78, 5) is 22.8. The fraction of sp³-hybridized carbons (Fsp3) is 0.267. The summed E-state index contributed by atoms with van der Waals surface area (Å²) in [5.74, 6) is -0.706. The first-order chi connectivity index (χ1) is 10.6. The van der Waals surface area contributed by atoms with Crippen LogP contribution in [0.1, 0.15) is 23.3 Å². The minimum absolute atomic E-state index is 0.123. The summed E-state index contributed by atoms with van der Waals surface area (Å²) in [6, 6.07) is 7.14. The van der Waals surface area contributed by atoms with Crippen LogP contribution in [0.4, 0.5) is 4.39 Å². The third-order valence-electron chi connectivity index (χ3n) is 2.94. The SMILES string of the molecule is COC(=O)CCCNC(=O)c1cc(-c2ccc(F)cc2)on1. The first-order valence-corrected chi connectivity index (χ1v) is 6.68. The third-order valence-corrected chi connectivity index (χ3v) is 2.94. The Bertz CT molecular complexity index is 652. The molecule has 0 bridgehead atoms. The molecule has 1 heterocycles. The molecule has 0 spiro atoms. The lowest BCUT2D eigenvalue weighted by atomic mass is 10.1. The van der Waals surface area contributed by atoms with Gasteiger partial charge in [-0.15, -0.1) is 0 Å². The third kappa shape index (κ3) is 4.15. The van der Waals surface area contributed by atoms with Gasteiger partial charge in [0.05, 0.1) is 7.11 Å². The van der Waals surface area contributed by atoms with Crippen LogP contribution in [0.25, 0.3) is 11.3 Å². The number of hydrogen-bond acceptors (Lipinski definition) is 5. The van der Waals surface area contributed by atoms with Crippen molar-refractivity contribution in [2.45, 2.75) is 12.8 Å². The normalized spacial score (nSPS) is 10.3.